The molecule has 0 unspecified atom stereocenters. The largest absolute Gasteiger partial charge is 0.361 e. The number of fused-ring (bicyclic) bond motifs is 2. The summed E-state index contributed by atoms with van der Waals surface area (Å²) in [4.78, 5) is 37.7. The van der Waals surface area contributed by atoms with Gasteiger partial charge in [-0.2, -0.15) is 0 Å². The lowest BCUT2D eigenvalue weighted by molar-refractivity contribution is -0.121. The number of nitrogens with one attached hydrogen (secondary N) is 2. The van der Waals surface area contributed by atoms with Gasteiger partial charge in [-0.1, -0.05) is 67.6 Å². The lowest BCUT2D eigenvalue weighted by atomic mass is 9.89. The Balaban J connectivity index is 1.27. The number of piperidine rings is 1. The van der Waals surface area contributed by atoms with E-state index in [2.05, 4.69) is 84.8 Å². The van der Waals surface area contributed by atoms with Crippen LogP contribution < -0.4 is 10.2 Å². The first-order valence-corrected chi connectivity index (χ1v) is 15.6. The van der Waals surface area contributed by atoms with Crippen molar-refractivity contribution < 1.29 is 9.59 Å². The van der Waals surface area contributed by atoms with Crippen molar-refractivity contribution in [2.24, 2.45) is 0 Å². The standard InChI is InChI=1S/C36H43N5O2/c1-25(31-23-37-32-14-8-7-13-30(31)32)34(38-36(43)40-20-17-28(18-21-40)27-10-5-4-6-11-27)35(42)41-19-9-12-29-16-15-26(22-33(29)41)24-39(2)3/h4-8,10-11,13-16,22-23,25,28,34,37H,9,12,17-21,24H2,1-3H3,(H,38,43)/t25-,34-/m1/s1. The van der Waals surface area contributed by atoms with Gasteiger partial charge in [-0.15, -0.1) is 0 Å². The summed E-state index contributed by atoms with van der Waals surface area (Å²) in [5.74, 6) is 0.173. The van der Waals surface area contributed by atoms with Crippen LogP contribution in [0.15, 0.2) is 79.0 Å². The highest BCUT2D eigenvalue weighted by molar-refractivity contribution is 6.01. The van der Waals surface area contributed by atoms with Gasteiger partial charge in [0, 0.05) is 54.9 Å². The number of aromatic amines is 1. The fourth-order valence-corrected chi connectivity index (χ4v) is 6.90. The highest BCUT2D eigenvalue weighted by atomic mass is 16.2. The number of hydrogen-bond acceptors (Lipinski definition) is 3. The van der Waals surface area contributed by atoms with E-state index in [9.17, 15) is 9.59 Å². The van der Waals surface area contributed by atoms with Crippen LogP contribution in [-0.4, -0.2) is 66.5 Å². The molecule has 1 fully saturated rings. The van der Waals surface area contributed by atoms with Crippen LogP contribution in [-0.2, 0) is 17.8 Å². The predicted octanol–water partition coefficient (Wildman–Crippen LogP) is 6.27. The fraction of sp³-hybridized carbons (Fsp3) is 0.389. The maximum atomic E-state index is 14.6. The summed E-state index contributed by atoms with van der Waals surface area (Å²) in [6.45, 7) is 4.86. The number of H-pyrrole nitrogens is 1. The van der Waals surface area contributed by atoms with E-state index in [4.69, 9.17) is 0 Å². The molecule has 1 aromatic heterocycles. The Morgan fingerprint density at radius 1 is 0.977 bits per heavy atom. The molecular formula is C36H43N5O2. The van der Waals surface area contributed by atoms with Crippen molar-refractivity contribution in [2.45, 2.75) is 57.0 Å². The summed E-state index contributed by atoms with van der Waals surface area (Å²) < 4.78 is 0. The minimum Gasteiger partial charge on any atom is -0.361 e. The highest BCUT2D eigenvalue weighted by Crippen LogP contribution is 2.34. The molecule has 3 aromatic carbocycles. The summed E-state index contributed by atoms with van der Waals surface area (Å²) in [6.07, 6.45) is 5.69. The van der Waals surface area contributed by atoms with Gasteiger partial charge in [-0.05, 0) is 80.1 Å². The normalized spacial score (nSPS) is 17.1. The summed E-state index contributed by atoms with van der Waals surface area (Å²) >= 11 is 0. The Hall–Kier alpha value is -4.10. The van der Waals surface area contributed by atoms with E-state index in [1.54, 1.807) is 0 Å². The number of aryl methyl sites for hydroxylation is 1. The van der Waals surface area contributed by atoms with Gasteiger partial charge >= 0.3 is 6.03 Å². The molecule has 2 atom stereocenters. The molecule has 4 aromatic rings. The number of hydrogen-bond donors (Lipinski definition) is 2. The first kappa shape index (κ1) is 29.0. The second-order valence-corrected chi connectivity index (χ2v) is 12.5. The average Bonchev–Trinajstić information content (AvgIpc) is 3.47. The van der Waals surface area contributed by atoms with Crippen molar-refractivity contribution in [1.29, 1.82) is 0 Å². The zero-order valence-corrected chi connectivity index (χ0v) is 25.6. The number of anilines is 1. The number of aromatic nitrogens is 1. The van der Waals surface area contributed by atoms with Crippen molar-refractivity contribution in [3.63, 3.8) is 0 Å². The van der Waals surface area contributed by atoms with Gasteiger partial charge in [0.05, 0.1) is 0 Å². The van der Waals surface area contributed by atoms with Gasteiger partial charge in [-0.3, -0.25) is 4.79 Å². The predicted molar refractivity (Wildman–Crippen MR) is 174 cm³/mol. The van der Waals surface area contributed by atoms with Crippen LogP contribution in [0, 0.1) is 0 Å². The van der Waals surface area contributed by atoms with Crippen molar-refractivity contribution in [1.82, 2.24) is 20.1 Å². The fourth-order valence-electron chi connectivity index (χ4n) is 6.90. The molecule has 224 valence electrons. The maximum Gasteiger partial charge on any atom is 0.318 e. The van der Waals surface area contributed by atoms with Crippen LogP contribution in [0.1, 0.15) is 60.3 Å². The molecule has 2 aliphatic rings. The molecule has 7 heteroatoms. The monoisotopic (exact) mass is 577 g/mol. The zero-order chi connectivity index (χ0) is 29.9. The number of para-hydroxylation sites is 1. The Kier molecular flexibility index (Phi) is 8.52. The smallest absolute Gasteiger partial charge is 0.318 e. The Bertz CT molecular complexity index is 1570. The number of urea groups is 1. The SMILES string of the molecule is C[C@H](c1c[nH]c2ccccc12)[C@@H](NC(=O)N1CCC(c2ccccc2)CC1)C(=O)N1CCCc2ccc(CN(C)C)cc21. The summed E-state index contributed by atoms with van der Waals surface area (Å²) in [5, 5.41) is 4.32. The van der Waals surface area contributed by atoms with Crippen LogP contribution in [0.5, 0.6) is 0 Å². The molecule has 3 amide bonds. The van der Waals surface area contributed by atoms with E-state index in [0.29, 0.717) is 25.6 Å². The van der Waals surface area contributed by atoms with Gasteiger partial charge < -0.3 is 25.0 Å². The number of carbonyl (C=O) groups excluding carboxylic acids is 2. The van der Waals surface area contributed by atoms with Crippen molar-refractivity contribution in [2.75, 3.05) is 38.6 Å². The molecule has 2 N–H and O–H groups in total. The van der Waals surface area contributed by atoms with Gasteiger partial charge in [0.15, 0.2) is 0 Å². The Morgan fingerprint density at radius 2 is 1.72 bits per heavy atom. The van der Waals surface area contributed by atoms with Crippen LogP contribution in [0.3, 0.4) is 0 Å². The Labute approximate surface area is 254 Å². The first-order chi connectivity index (χ1) is 20.9. The van der Waals surface area contributed by atoms with Crippen molar-refractivity contribution in [3.05, 3.63) is 101 Å². The molecule has 3 heterocycles. The van der Waals surface area contributed by atoms with Gasteiger partial charge in [0.2, 0.25) is 5.91 Å². The van der Waals surface area contributed by atoms with Crippen LogP contribution in [0.2, 0.25) is 0 Å². The second kappa shape index (κ2) is 12.6. The molecule has 2 aliphatic heterocycles. The van der Waals surface area contributed by atoms with E-state index in [0.717, 1.165) is 54.4 Å². The van der Waals surface area contributed by atoms with Crippen LogP contribution >= 0.6 is 0 Å². The number of carbonyl (C=O) groups is 2. The number of rotatable bonds is 7. The molecule has 0 saturated carbocycles. The average molecular weight is 578 g/mol. The summed E-state index contributed by atoms with van der Waals surface area (Å²) in [5.41, 5.74) is 6.74. The Morgan fingerprint density at radius 3 is 2.49 bits per heavy atom. The van der Waals surface area contributed by atoms with Crippen molar-refractivity contribution in [3.8, 4) is 0 Å². The third-order valence-electron chi connectivity index (χ3n) is 9.24. The number of nitrogens with zero attached hydrogens (tertiary/aromatic N) is 3. The maximum absolute atomic E-state index is 14.6. The minimum atomic E-state index is -0.706. The van der Waals surface area contributed by atoms with E-state index >= 15 is 0 Å². The number of amides is 3. The minimum absolute atomic E-state index is 0.0479. The molecule has 1 saturated heterocycles. The third kappa shape index (κ3) is 6.18. The third-order valence-corrected chi connectivity index (χ3v) is 9.24. The number of benzene rings is 3. The molecule has 0 radical (unpaired) electrons. The zero-order valence-electron chi connectivity index (χ0n) is 25.6. The molecule has 6 rings (SSSR count). The van der Waals surface area contributed by atoms with E-state index in [-0.39, 0.29) is 17.9 Å². The lowest BCUT2D eigenvalue weighted by Crippen LogP contribution is -2.56. The molecule has 7 nitrogen and oxygen atoms in total. The van der Waals surface area contributed by atoms with E-state index in [1.165, 1.54) is 16.7 Å². The second-order valence-electron chi connectivity index (χ2n) is 12.5. The molecule has 0 bridgehead atoms. The topological polar surface area (TPSA) is 71.7 Å². The van der Waals surface area contributed by atoms with Crippen LogP contribution in [0.25, 0.3) is 10.9 Å². The quantitative estimate of drug-likeness (QED) is 0.272. The van der Waals surface area contributed by atoms with Gasteiger partial charge in [0.1, 0.15) is 6.04 Å². The van der Waals surface area contributed by atoms with E-state index in [1.807, 2.05) is 40.3 Å². The van der Waals surface area contributed by atoms with Crippen LogP contribution in [0.4, 0.5) is 10.5 Å². The van der Waals surface area contributed by atoms with E-state index < -0.39 is 6.04 Å². The lowest BCUT2D eigenvalue weighted by Gasteiger charge is -2.37. The highest BCUT2D eigenvalue weighted by Gasteiger charge is 2.36. The van der Waals surface area contributed by atoms with Gasteiger partial charge in [0.25, 0.3) is 0 Å². The van der Waals surface area contributed by atoms with Crippen molar-refractivity contribution >= 4 is 28.5 Å². The summed E-state index contributed by atoms with van der Waals surface area (Å²) in [7, 11) is 4.11. The first-order valence-electron chi connectivity index (χ1n) is 15.6. The number of likely N-dealkylation sites (tertiary alicyclic amines) is 1. The molecule has 43 heavy (non-hydrogen) atoms. The molecule has 0 spiro atoms. The summed E-state index contributed by atoms with van der Waals surface area (Å²) in [6, 6.07) is 24.4. The molecular weight excluding hydrogens is 534 g/mol. The van der Waals surface area contributed by atoms with Gasteiger partial charge in [-0.25, -0.2) is 4.79 Å². The molecule has 0 aliphatic carbocycles.